The van der Waals surface area contributed by atoms with Gasteiger partial charge in [-0.2, -0.15) is 0 Å². The number of furan rings is 1. The number of phenols is 3. The van der Waals surface area contributed by atoms with Crippen LogP contribution in [-0.2, 0) is 0 Å². The van der Waals surface area contributed by atoms with E-state index in [1.165, 1.54) is 12.1 Å². The van der Waals surface area contributed by atoms with Crippen LogP contribution >= 0.6 is 0 Å². The van der Waals surface area contributed by atoms with Gasteiger partial charge in [0, 0.05) is 10.9 Å². The predicted octanol–water partition coefficient (Wildman–Crippen LogP) is 3.86. The Labute approximate surface area is 114 Å². The van der Waals surface area contributed by atoms with E-state index >= 15 is 0 Å². The topological polar surface area (TPSA) is 73.8 Å². The van der Waals surface area contributed by atoms with E-state index in [0.717, 1.165) is 10.9 Å². The van der Waals surface area contributed by atoms with Crippen molar-refractivity contribution < 1.29 is 19.7 Å². The Hall–Kier alpha value is -2.88. The van der Waals surface area contributed by atoms with E-state index in [2.05, 4.69) is 6.58 Å². The van der Waals surface area contributed by atoms with Crippen LogP contribution < -0.4 is 0 Å². The first kappa shape index (κ1) is 12.2. The summed E-state index contributed by atoms with van der Waals surface area (Å²) >= 11 is 0. The highest BCUT2D eigenvalue weighted by atomic mass is 16.4. The SMILES string of the molecule is C=Cc1ccc(O)c2oc(-c3ccc(O)c(O)c3)cc12. The van der Waals surface area contributed by atoms with Crippen LogP contribution in [0.15, 0.2) is 47.4 Å². The van der Waals surface area contributed by atoms with Crippen molar-refractivity contribution in [3.63, 3.8) is 0 Å². The quantitative estimate of drug-likeness (QED) is 0.617. The summed E-state index contributed by atoms with van der Waals surface area (Å²) in [4.78, 5) is 0. The van der Waals surface area contributed by atoms with Crippen LogP contribution in [0.5, 0.6) is 17.2 Å². The minimum Gasteiger partial charge on any atom is -0.504 e. The summed E-state index contributed by atoms with van der Waals surface area (Å²) in [7, 11) is 0. The van der Waals surface area contributed by atoms with E-state index < -0.39 is 0 Å². The molecule has 3 rings (SSSR count). The zero-order valence-corrected chi connectivity index (χ0v) is 10.5. The molecule has 0 unspecified atom stereocenters. The molecule has 0 atom stereocenters. The fourth-order valence-corrected chi connectivity index (χ4v) is 2.13. The molecule has 3 N–H and O–H groups in total. The molecule has 100 valence electrons. The van der Waals surface area contributed by atoms with Gasteiger partial charge in [-0.1, -0.05) is 18.7 Å². The zero-order valence-electron chi connectivity index (χ0n) is 10.5. The summed E-state index contributed by atoms with van der Waals surface area (Å²) in [6, 6.07) is 9.46. The number of phenolic OH excluding ortho intramolecular Hbond substituents is 3. The van der Waals surface area contributed by atoms with Gasteiger partial charge in [-0.3, -0.25) is 0 Å². The molecule has 4 heteroatoms. The maximum absolute atomic E-state index is 9.83. The molecule has 0 radical (unpaired) electrons. The second kappa shape index (κ2) is 4.35. The average molecular weight is 268 g/mol. The zero-order chi connectivity index (χ0) is 14.3. The highest BCUT2D eigenvalue weighted by Gasteiger charge is 2.13. The van der Waals surface area contributed by atoms with Gasteiger partial charge in [-0.25, -0.2) is 0 Å². The second-order valence-electron chi connectivity index (χ2n) is 4.43. The molecule has 0 aliphatic heterocycles. The van der Waals surface area contributed by atoms with Gasteiger partial charge in [0.25, 0.3) is 0 Å². The van der Waals surface area contributed by atoms with Gasteiger partial charge in [0.1, 0.15) is 5.76 Å². The Morgan fingerprint density at radius 3 is 2.35 bits per heavy atom. The third-order valence-corrected chi connectivity index (χ3v) is 3.18. The maximum atomic E-state index is 9.83. The van der Waals surface area contributed by atoms with Crippen LogP contribution in [0, 0.1) is 0 Å². The van der Waals surface area contributed by atoms with Crippen molar-refractivity contribution in [3.05, 3.63) is 48.5 Å². The molecular formula is C16H12O4. The predicted molar refractivity (Wildman–Crippen MR) is 76.7 cm³/mol. The first-order valence-electron chi connectivity index (χ1n) is 6.00. The Morgan fingerprint density at radius 2 is 1.65 bits per heavy atom. The fraction of sp³-hybridized carbons (Fsp3) is 0. The van der Waals surface area contributed by atoms with Crippen molar-refractivity contribution in [3.8, 4) is 28.6 Å². The van der Waals surface area contributed by atoms with Gasteiger partial charge in [-0.05, 0) is 35.9 Å². The van der Waals surface area contributed by atoms with Crippen molar-refractivity contribution >= 4 is 17.0 Å². The Bertz CT molecular complexity index is 815. The Balaban J connectivity index is 2.24. The van der Waals surface area contributed by atoms with Gasteiger partial charge in [0.2, 0.25) is 0 Å². The van der Waals surface area contributed by atoms with E-state index in [9.17, 15) is 15.3 Å². The maximum Gasteiger partial charge on any atom is 0.176 e. The molecule has 4 nitrogen and oxygen atoms in total. The highest BCUT2D eigenvalue weighted by Crippen LogP contribution is 2.37. The standard InChI is InChI=1S/C16H12O4/c1-2-9-3-6-13(18)16-11(9)8-15(20-16)10-4-5-12(17)14(19)7-10/h2-8,17-19H,1H2. The molecule has 3 aromatic rings. The number of hydrogen-bond acceptors (Lipinski definition) is 4. The van der Waals surface area contributed by atoms with E-state index in [1.807, 2.05) is 0 Å². The monoisotopic (exact) mass is 268 g/mol. The molecule has 1 heterocycles. The number of hydrogen-bond donors (Lipinski definition) is 3. The molecule has 0 spiro atoms. The summed E-state index contributed by atoms with van der Waals surface area (Å²) < 4.78 is 5.63. The van der Waals surface area contributed by atoms with E-state index in [1.54, 1.807) is 30.3 Å². The van der Waals surface area contributed by atoms with Crippen molar-refractivity contribution in [2.45, 2.75) is 0 Å². The molecule has 0 amide bonds. The van der Waals surface area contributed by atoms with Crippen LogP contribution in [0.4, 0.5) is 0 Å². The van der Waals surface area contributed by atoms with Crippen LogP contribution in [0.25, 0.3) is 28.4 Å². The first-order chi connectivity index (χ1) is 9.60. The summed E-state index contributed by atoms with van der Waals surface area (Å²) in [5.41, 5.74) is 1.81. The van der Waals surface area contributed by atoms with Crippen LogP contribution in [0.3, 0.4) is 0 Å². The van der Waals surface area contributed by atoms with E-state index in [4.69, 9.17) is 4.42 Å². The summed E-state index contributed by atoms with van der Waals surface area (Å²) in [6.45, 7) is 3.72. The lowest BCUT2D eigenvalue weighted by Gasteiger charge is -2.00. The lowest BCUT2D eigenvalue weighted by Crippen LogP contribution is -1.74. The van der Waals surface area contributed by atoms with Crippen molar-refractivity contribution in [2.75, 3.05) is 0 Å². The average Bonchev–Trinajstić information content (AvgIpc) is 2.88. The Kier molecular flexibility index (Phi) is 2.64. The minimum absolute atomic E-state index is 0.0415. The highest BCUT2D eigenvalue weighted by molar-refractivity contribution is 5.93. The lowest BCUT2D eigenvalue weighted by atomic mass is 10.1. The van der Waals surface area contributed by atoms with Gasteiger partial charge in [0.05, 0.1) is 0 Å². The van der Waals surface area contributed by atoms with Gasteiger partial charge >= 0.3 is 0 Å². The third kappa shape index (κ3) is 1.78. The van der Waals surface area contributed by atoms with Crippen LogP contribution in [0.2, 0.25) is 0 Å². The van der Waals surface area contributed by atoms with E-state index in [-0.39, 0.29) is 17.2 Å². The molecule has 0 fully saturated rings. The van der Waals surface area contributed by atoms with Gasteiger partial charge in [-0.15, -0.1) is 0 Å². The molecule has 1 aromatic heterocycles. The lowest BCUT2D eigenvalue weighted by molar-refractivity contribution is 0.404. The molecule has 0 bridgehead atoms. The molecule has 2 aromatic carbocycles. The minimum atomic E-state index is -0.226. The normalized spacial score (nSPS) is 10.8. The molecular weight excluding hydrogens is 256 g/mol. The smallest absolute Gasteiger partial charge is 0.176 e. The first-order valence-corrected chi connectivity index (χ1v) is 6.00. The van der Waals surface area contributed by atoms with Crippen molar-refractivity contribution in [1.82, 2.24) is 0 Å². The van der Waals surface area contributed by atoms with Gasteiger partial charge in [0.15, 0.2) is 22.8 Å². The van der Waals surface area contributed by atoms with Gasteiger partial charge < -0.3 is 19.7 Å². The summed E-state index contributed by atoms with van der Waals surface area (Å²) in [5.74, 6) is 0.107. The number of benzene rings is 2. The van der Waals surface area contributed by atoms with E-state index in [0.29, 0.717) is 16.9 Å². The van der Waals surface area contributed by atoms with Crippen LogP contribution in [-0.4, -0.2) is 15.3 Å². The number of fused-ring (bicyclic) bond motifs is 1. The number of rotatable bonds is 2. The Morgan fingerprint density at radius 1 is 0.900 bits per heavy atom. The molecule has 0 saturated heterocycles. The van der Waals surface area contributed by atoms with Crippen molar-refractivity contribution in [1.29, 1.82) is 0 Å². The molecule has 20 heavy (non-hydrogen) atoms. The third-order valence-electron chi connectivity index (χ3n) is 3.18. The summed E-state index contributed by atoms with van der Waals surface area (Å²) in [6.07, 6.45) is 1.68. The molecule has 0 aliphatic rings. The fourth-order valence-electron chi connectivity index (χ4n) is 2.13. The summed E-state index contributed by atoms with van der Waals surface area (Å²) in [5, 5.41) is 29.4. The van der Waals surface area contributed by atoms with Crippen molar-refractivity contribution in [2.24, 2.45) is 0 Å². The molecule has 0 saturated carbocycles. The largest absolute Gasteiger partial charge is 0.504 e. The number of aromatic hydroxyl groups is 3. The van der Waals surface area contributed by atoms with Crippen LogP contribution in [0.1, 0.15) is 5.56 Å². The molecule has 0 aliphatic carbocycles. The second-order valence-corrected chi connectivity index (χ2v) is 4.43.